The SMILES string of the molecule is N#CC(N)CSCC1CCCO1. The highest BCUT2D eigenvalue weighted by atomic mass is 32.2. The van der Waals surface area contributed by atoms with Crippen LogP contribution >= 0.6 is 11.8 Å². The Morgan fingerprint density at radius 3 is 3.17 bits per heavy atom. The second-order valence-corrected chi connectivity index (χ2v) is 3.98. The number of hydrogen-bond acceptors (Lipinski definition) is 4. The number of nitrogens with two attached hydrogens (primary N) is 1. The first kappa shape index (κ1) is 9.85. The second-order valence-electron chi connectivity index (χ2n) is 2.91. The third-order valence-corrected chi connectivity index (χ3v) is 2.99. The highest BCUT2D eigenvalue weighted by Gasteiger charge is 2.15. The fourth-order valence-electron chi connectivity index (χ4n) is 1.14. The van der Waals surface area contributed by atoms with E-state index < -0.39 is 0 Å². The first-order valence-corrected chi connectivity index (χ1v) is 5.33. The quantitative estimate of drug-likeness (QED) is 0.704. The van der Waals surface area contributed by atoms with Crippen molar-refractivity contribution < 1.29 is 4.74 Å². The van der Waals surface area contributed by atoms with Gasteiger partial charge in [-0.2, -0.15) is 17.0 Å². The molecular formula is C8H14N2OS. The topological polar surface area (TPSA) is 59.0 Å². The molecule has 0 saturated carbocycles. The molecule has 0 spiro atoms. The van der Waals surface area contributed by atoms with Crippen LogP contribution in [0.1, 0.15) is 12.8 Å². The number of nitriles is 1. The zero-order valence-corrected chi connectivity index (χ0v) is 7.85. The van der Waals surface area contributed by atoms with Crippen molar-refractivity contribution in [3.8, 4) is 6.07 Å². The lowest BCUT2D eigenvalue weighted by Gasteiger charge is -2.08. The molecule has 2 atom stereocenters. The van der Waals surface area contributed by atoms with Crippen molar-refractivity contribution in [3.05, 3.63) is 0 Å². The maximum absolute atomic E-state index is 8.41. The predicted octanol–water partition coefficient (Wildman–Crippen LogP) is 0.749. The van der Waals surface area contributed by atoms with Crippen molar-refractivity contribution in [1.29, 1.82) is 5.26 Å². The van der Waals surface area contributed by atoms with Crippen LogP contribution in [0.25, 0.3) is 0 Å². The fraction of sp³-hybridized carbons (Fsp3) is 0.875. The first-order chi connectivity index (χ1) is 5.83. The molecule has 3 nitrogen and oxygen atoms in total. The van der Waals surface area contributed by atoms with Gasteiger partial charge in [-0.05, 0) is 12.8 Å². The summed E-state index contributed by atoms with van der Waals surface area (Å²) in [6, 6.07) is 1.68. The molecule has 1 heterocycles. The Kier molecular flexibility index (Phi) is 4.44. The molecule has 0 amide bonds. The number of ether oxygens (including phenoxy) is 1. The smallest absolute Gasteiger partial charge is 0.102 e. The highest BCUT2D eigenvalue weighted by Crippen LogP contribution is 2.17. The van der Waals surface area contributed by atoms with E-state index in [2.05, 4.69) is 0 Å². The Balaban J connectivity index is 1.98. The van der Waals surface area contributed by atoms with Gasteiger partial charge in [0.25, 0.3) is 0 Å². The van der Waals surface area contributed by atoms with Gasteiger partial charge in [0.15, 0.2) is 0 Å². The van der Waals surface area contributed by atoms with E-state index in [1.54, 1.807) is 11.8 Å². The maximum Gasteiger partial charge on any atom is 0.102 e. The summed E-state index contributed by atoms with van der Waals surface area (Å²) in [5.41, 5.74) is 5.43. The summed E-state index contributed by atoms with van der Waals surface area (Å²) < 4.78 is 5.42. The van der Waals surface area contributed by atoms with Gasteiger partial charge in [-0.25, -0.2) is 0 Å². The van der Waals surface area contributed by atoms with Gasteiger partial charge in [0, 0.05) is 18.1 Å². The van der Waals surface area contributed by atoms with Crippen molar-refractivity contribution in [1.82, 2.24) is 0 Å². The molecule has 2 N–H and O–H groups in total. The third kappa shape index (κ3) is 3.44. The largest absolute Gasteiger partial charge is 0.377 e. The standard InChI is InChI=1S/C8H14N2OS/c9-4-7(10)5-12-6-8-2-1-3-11-8/h7-8H,1-3,5-6,10H2. The number of thioether (sulfide) groups is 1. The molecule has 0 aromatic heterocycles. The molecule has 1 aliphatic heterocycles. The molecule has 1 fully saturated rings. The van der Waals surface area contributed by atoms with E-state index in [0.717, 1.165) is 24.5 Å². The number of nitrogens with zero attached hydrogens (tertiary/aromatic N) is 1. The Morgan fingerprint density at radius 1 is 1.75 bits per heavy atom. The van der Waals surface area contributed by atoms with Gasteiger partial charge < -0.3 is 10.5 Å². The summed E-state index contributed by atoms with van der Waals surface area (Å²) in [6.45, 7) is 0.898. The maximum atomic E-state index is 8.41. The summed E-state index contributed by atoms with van der Waals surface area (Å²) in [5.74, 6) is 1.70. The molecule has 0 aliphatic carbocycles. The number of rotatable bonds is 4. The monoisotopic (exact) mass is 186 g/mol. The van der Waals surface area contributed by atoms with Crippen LogP contribution in [-0.4, -0.2) is 30.3 Å². The molecule has 1 saturated heterocycles. The summed E-state index contributed by atoms with van der Waals surface area (Å²) in [4.78, 5) is 0. The molecule has 12 heavy (non-hydrogen) atoms. The van der Waals surface area contributed by atoms with E-state index in [0.29, 0.717) is 6.10 Å². The van der Waals surface area contributed by atoms with Gasteiger partial charge >= 0.3 is 0 Å². The van der Waals surface area contributed by atoms with Crippen molar-refractivity contribution in [2.75, 3.05) is 18.1 Å². The Morgan fingerprint density at radius 2 is 2.58 bits per heavy atom. The van der Waals surface area contributed by atoms with E-state index in [4.69, 9.17) is 15.7 Å². The van der Waals surface area contributed by atoms with Crippen LogP contribution in [0.5, 0.6) is 0 Å². The van der Waals surface area contributed by atoms with Gasteiger partial charge in [-0.1, -0.05) is 0 Å². The van der Waals surface area contributed by atoms with Crippen LogP contribution < -0.4 is 5.73 Å². The summed E-state index contributed by atoms with van der Waals surface area (Å²) >= 11 is 1.71. The molecule has 68 valence electrons. The Bertz CT molecular complexity index is 163. The van der Waals surface area contributed by atoms with E-state index in [9.17, 15) is 0 Å². The van der Waals surface area contributed by atoms with Crippen LogP contribution in [0.2, 0.25) is 0 Å². The Hall–Kier alpha value is -0.240. The minimum atomic E-state index is -0.323. The van der Waals surface area contributed by atoms with Gasteiger partial charge in [-0.3, -0.25) is 0 Å². The van der Waals surface area contributed by atoms with Gasteiger partial charge in [-0.15, -0.1) is 0 Å². The van der Waals surface area contributed by atoms with Crippen molar-refractivity contribution in [2.24, 2.45) is 5.73 Å². The number of hydrogen-bond donors (Lipinski definition) is 1. The van der Waals surface area contributed by atoms with Crippen molar-refractivity contribution in [3.63, 3.8) is 0 Å². The lowest BCUT2D eigenvalue weighted by Crippen LogP contribution is -2.21. The zero-order valence-electron chi connectivity index (χ0n) is 7.03. The van der Waals surface area contributed by atoms with Crippen LogP contribution in [0.4, 0.5) is 0 Å². The van der Waals surface area contributed by atoms with Crippen molar-refractivity contribution in [2.45, 2.75) is 25.0 Å². The average Bonchev–Trinajstić information content (AvgIpc) is 2.57. The molecule has 0 aromatic carbocycles. The van der Waals surface area contributed by atoms with E-state index in [-0.39, 0.29) is 6.04 Å². The highest BCUT2D eigenvalue weighted by molar-refractivity contribution is 7.99. The zero-order chi connectivity index (χ0) is 8.81. The normalized spacial score (nSPS) is 25.2. The van der Waals surface area contributed by atoms with Crippen LogP contribution in [0.15, 0.2) is 0 Å². The molecule has 0 aromatic rings. The van der Waals surface area contributed by atoms with Crippen LogP contribution in [0, 0.1) is 11.3 Å². The fourth-order valence-corrected chi connectivity index (χ4v) is 2.13. The minimum absolute atomic E-state index is 0.323. The second kappa shape index (κ2) is 5.41. The van der Waals surface area contributed by atoms with Crippen molar-refractivity contribution >= 4 is 11.8 Å². The average molecular weight is 186 g/mol. The first-order valence-electron chi connectivity index (χ1n) is 4.17. The molecule has 0 radical (unpaired) electrons. The summed E-state index contributed by atoms with van der Waals surface area (Å²) in [7, 11) is 0. The summed E-state index contributed by atoms with van der Waals surface area (Å²) in [5, 5.41) is 8.41. The molecule has 4 heteroatoms. The van der Waals surface area contributed by atoms with Crippen LogP contribution in [0.3, 0.4) is 0 Å². The van der Waals surface area contributed by atoms with Crippen LogP contribution in [-0.2, 0) is 4.74 Å². The predicted molar refractivity (Wildman–Crippen MR) is 49.9 cm³/mol. The molecule has 0 bridgehead atoms. The third-order valence-electron chi connectivity index (χ3n) is 1.79. The molecule has 1 rings (SSSR count). The van der Waals surface area contributed by atoms with Gasteiger partial charge in [0.05, 0.1) is 12.2 Å². The van der Waals surface area contributed by atoms with E-state index in [1.165, 1.54) is 6.42 Å². The Labute approximate surface area is 77.3 Å². The van der Waals surface area contributed by atoms with E-state index >= 15 is 0 Å². The molecule has 2 unspecified atom stereocenters. The van der Waals surface area contributed by atoms with Gasteiger partial charge in [0.2, 0.25) is 0 Å². The lowest BCUT2D eigenvalue weighted by molar-refractivity contribution is 0.129. The molecule has 1 aliphatic rings. The van der Waals surface area contributed by atoms with Gasteiger partial charge in [0.1, 0.15) is 6.04 Å². The minimum Gasteiger partial charge on any atom is -0.377 e. The lowest BCUT2D eigenvalue weighted by atomic mass is 10.3. The molecular weight excluding hydrogens is 172 g/mol. The summed E-state index contributed by atoms with van der Waals surface area (Å²) in [6.07, 6.45) is 2.74. The van der Waals surface area contributed by atoms with E-state index in [1.807, 2.05) is 6.07 Å².